The SMILES string of the molecule is CC(=O)O[C@H]1C[C@@H]2C(C)(C)CC[C@H](O)[C@@]2(C)[C@@H]2CC(=O)[C@]3(CO)C=C[C@]12C3. The van der Waals surface area contributed by atoms with Gasteiger partial charge in [0.25, 0.3) is 0 Å². The van der Waals surface area contributed by atoms with Gasteiger partial charge in [0.2, 0.25) is 0 Å². The van der Waals surface area contributed by atoms with Gasteiger partial charge in [0, 0.05) is 24.2 Å². The van der Waals surface area contributed by atoms with E-state index in [1.165, 1.54) is 6.92 Å². The highest BCUT2D eigenvalue weighted by molar-refractivity contribution is 5.89. The van der Waals surface area contributed by atoms with Crippen LogP contribution in [0.15, 0.2) is 12.2 Å². The monoisotopic (exact) mass is 376 g/mol. The molecule has 4 aliphatic carbocycles. The molecule has 3 fully saturated rings. The third kappa shape index (κ3) is 2.30. The molecule has 2 N–H and O–H groups in total. The lowest BCUT2D eigenvalue weighted by Gasteiger charge is -2.66. The van der Waals surface area contributed by atoms with Gasteiger partial charge in [0.1, 0.15) is 11.9 Å². The van der Waals surface area contributed by atoms with Crippen molar-refractivity contribution in [2.45, 2.75) is 72.0 Å². The number of Topliss-reactive ketones (excluding diaryl/α,β-unsaturated/α-hetero) is 1. The van der Waals surface area contributed by atoms with Crippen LogP contribution in [0.4, 0.5) is 0 Å². The first-order valence-corrected chi connectivity index (χ1v) is 10.2. The average molecular weight is 376 g/mol. The summed E-state index contributed by atoms with van der Waals surface area (Å²) in [7, 11) is 0. The predicted molar refractivity (Wildman–Crippen MR) is 99.6 cm³/mol. The Hall–Kier alpha value is -1.20. The fourth-order valence-corrected chi connectivity index (χ4v) is 7.34. The summed E-state index contributed by atoms with van der Waals surface area (Å²) in [5.41, 5.74) is -1.75. The zero-order chi connectivity index (χ0) is 19.8. The molecule has 0 aliphatic heterocycles. The van der Waals surface area contributed by atoms with Gasteiger partial charge in [0.05, 0.1) is 18.1 Å². The van der Waals surface area contributed by atoms with Crippen molar-refractivity contribution in [3.05, 3.63) is 12.2 Å². The van der Waals surface area contributed by atoms with E-state index in [2.05, 4.69) is 20.8 Å². The van der Waals surface area contributed by atoms with Crippen LogP contribution in [0, 0.1) is 33.5 Å². The molecular weight excluding hydrogens is 344 g/mol. The van der Waals surface area contributed by atoms with Crippen molar-refractivity contribution in [3.63, 3.8) is 0 Å². The Morgan fingerprint density at radius 1 is 1.26 bits per heavy atom. The molecule has 0 aromatic heterocycles. The molecule has 0 saturated heterocycles. The average Bonchev–Trinajstić information content (AvgIpc) is 2.94. The van der Waals surface area contributed by atoms with Gasteiger partial charge in [-0.25, -0.2) is 0 Å². The number of aliphatic hydroxyl groups is 2. The summed E-state index contributed by atoms with van der Waals surface area (Å²) in [6.45, 7) is 7.84. The third-order valence-corrected chi connectivity index (χ3v) is 8.79. The van der Waals surface area contributed by atoms with E-state index in [0.717, 1.165) is 12.8 Å². The summed E-state index contributed by atoms with van der Waals surface area (Å²) >= 11 is 0. The summed E-state index contributed by atoms with van der Waals surface area (Å²) in [6.07, 6.45) is 6.26. The largest absolute Gasteiger partial charge is 0.462 e. The summed E-state index contributed by atoms with van der Waals surface area (Å²) in [4.78, 5) is 25.0. The van der Waals surface area contributed by atoms with Crippen LogP contribution in [-0.2, 0) is 14.3 Å². The van der Waals surface area contributed by atoms with Crippen LogP contribution in [0.5, 0.6) is 0 Å². The quantitative estimate of drug-likeness (QED) is 0.572. The van der Waals surface area contributed by atoms with Gasteiger partial charge < -0.3 is 14.9 Å². The molecule has 4 aliphatic rings. The van der Waals surface area contributed by atoms with E-state index in [0.29, 0.717) is 19.3 Å². The van der Waals surface area contributed by atoms with E-state index in [-0.39, 0.29) is 41.7 Å². The van der Waals surface area contributed by atoms with Crippen molar-refractivity contribution in [1.29, 1.82) is 0 Å². The highest BCUT2D eigenvalue weighted by atomic mass is 16.5. The van der Waals surface area contributed by atoms with Gasteiger partial charge in [-0.05, 0) is 42.9 Å². The Balaban J connectivity index is 1.87. The molecule has 1 spiro atoms. The molecule has 0 unspecified atom stereocenters. The Morgan fingerprint density at radius 2 is 1.96 bits per heavy atom. The molecule has 3 saturated carbocycles. The number of hydrogen-bond donors (Lipinski definition) is 2. The van der Waals surface area contributed by atoms with Gasteiger partial charge in [0.15, 0.2) is 0 Å². The zero-order valence-electron chi connectivity index (χ0n) is 16.8. The number of hydrogen-bond acceptors (Lipinski definition) is 5. The fourth-order valence-electron chi connectivity index (χ4n) is 7.34. The summed E-state index contributed by atoms with van der Waals surface area (Å²) in [5.74, 6) is -0.179. The second-order valence-electron chi connectivity index (χ2n) is 10.4. The van der Waals surface area contributed by atoms with Crippen molar-refractivity contribution >= 4 is 11.8 Å². The molecule has 0 radical (unpaired) electrons. The molecule has 150 valence electrons. The number of esters is 1. The normalized spacial score (nSPS) is 50.1. The van der Waals surface area contributed by atoms with Crippen molar-refractivity contribution in [1.82, 2.24) is 0 Å². The van der Waals surface area contributed by atoms with E-state index in [1.807, 2.05) is 12.2 Å². The maximum atomic E-state index is 13.1. The minimum Gasteiger partial charge on any atom is -0.462 e. The Kier molecular flexibility index (Phi) is 4.01. The first-order chi connectivity index (χ1) is 12.5. The van der Waals surface area contributed by atoms with E-state index < -0.39 is 22.3 Å². The number of ketones is 1. The molecule has 0 heterocycles. The van der Waals surface area contributed by atoms with E-state index >= 15 is 0 Å². The molecule has 27 heavy (non-hydrogen) atoms. The first kappa shape index (κ1) is 19.1. The van der Waals surface area contributed by atoms with Gasteiger partial charge in [-0.15, -0.1) is 0 Å². The van der Waals surface area contributed by atoms with Crippen LogP contribution in [0.25, 0.3) is 0 Å². The Labute approximate surface area is 161 Å². The van der Waals surface area contributed by atoms with Crippen molar-refractivity contribution in [2.24, 2.45) is 33.5 Å². The fraction of sp³-hybridized carbons (Fsp3) is 0.818. The molecule has 2 bridgehead atoms. The van der Waals surface area contributed by atoms with Crippen LogP contribution in [-0.4, -0.2) is 40.8 Å². The van der Waals surface area contributed by atoms with Crippen molar-refractivity contribution in [3.8, 4) is 0 Å². The van der Waals surface area contributed by atoms with Crippen molar-refractivity contribution in [2.75, 3.05) is 6.61 Å². The third-order valence-electron chi connectivity index (χ3n) is 8.79. The second kappa shape index (κ2) is 5.66. The molecule has 7 atom stereocenters. The predicted octanol–water partition coefficient (Wildman–Crippen LogP) is 2.64. The topological polar surface area (TPSA) is 83.8 Å². The Morgan fingerprint density at radius 3 is 2.59 bits per heavy atom. The van der Waals surface area contributed by atoms with E-state index in [4.69, 9.17) is 4.74 Å². The van der Waals surface area contributed by atoms with Gasteiger partial charge in [-0.2, -0.15) is 0 Å². The molecular formula is C22H32O5. The van der Waals surface area contributed by atoms with Crippen LogP contribution >= 0.6 is 0 Å². The number of rotatable bonds is 2. The van der Waals surface area contributed by atoms with Gasteiger partial charge >= 0.3 is 5.97 Å². The van der Waals surface area contributed by atoms with Crippen LogP contribution in [0.3, 0.4) is 0 Å². The summed E-state index contributed by atoms with van der Waals surface area (Å²) < 4.78 is 5.86. The number of fused-ring (bicyclic) bond motifs is 3. The lowest BCUT2D eigenvalue weighted by molar-refractivity contribution is -0.233. The summed E-state index contributed by atoms with van der Waals surface area (Å²) in [6, 6.07) is 0. The lowest BCUT2D eigenvalue weighted by atomic mass is 9.39. The first-order valence-electron chi connectivity index (χ1n) is 10.2. The Bertz CT molecular complexity index is 711. The number of carbonyl (C=O) groups excluding carboxylic acids is 2. The van der Waals surface area contributed by atoms with Crippen LogP contribution < -0.4 is 0 Å². The van der Waals surface area contributed by atoms with Gasteiger partial charge in [-0.1, -0.05) is 32.9 Å². The van der Waals surface area contributed by atoms with Crippen molar-refractivity contribution < 1.29 is 24.5 Å². The summed E-state index contributed by atoms with van der Waals surface area (Å²) in [5, 5.41) is 21.1. The standard InChI is InChI=1S/C22H32O5/c1-13(24)27-18-10-14-19(2,3)6-5-16(25)20(14,4)15-9-17(26)21(12-23)7-8-22(15,18)11-21/h7-8,14-16,18,23,25H,5-6,9-12H2,1-4H3/t14-,15+,16+,18+,20-,21-,22-/m1/s1. The molecule has 0 aromatic carbocycles. The maximum Gasteiger partial charge on any atom is 0.302 e. The number of carbonyl (C=O) groups is 2. The second-order valence-corrected chi connectivity index (χ2v) is 10.4. The highest BCUT2D eigenvalue weighted by Gasteiger charge is 2.71. The molecule has 5 nitrogen and oxygen atoms in total. The van der Waals surface area contributed by atoms with Gasteiger partial charge in [-0.3, -0.25) is 9.59 Å². The minimum atomic E-state index is -0.854. The number of aliphatic hydroxyl groups excluding tert-OH is 2. The number of ether oxygens (including phenoxy) is 1. The lowest BCUT2D eigenvalue weighted by Crippen LogP contribution is -2.67. The van der Waals surface area contributed by atoms with E-state index in [1.54, 1.807) is 0 Å². The minimum absolute atomic E-state index is 0.00483. The molecule has 0 aromatic rings. The maximum absolute atomic E-state index is 13.1. The van der Waals surface area contributed by atoms with Crippen LogP contribution in [0.2, 0.25) is 0 Å². The molecule has 4 rings (SSSR count). The smallest absolute Gasteiger partial charge is 0.302 e. The molecule has 0 amide bonds. The molecule has 5 heteroatoms. The highest BCUT2D eigenvalue weighted by Crippen LogP contribution is 2.71. The van der Waals surface area contributed by atoms with E-state index in [9.17, 15) is 19.8 Å². The zero-order valence-corrected chi connectivity index (χ0v) is 16.8. The van der Waals surface area contributed by atoms with Crippen LogP contribution in [0.1, 0.15) is 59.8 Å².